The Kier molecular flexibility index (Phi) is 8.94. The Labute approximate surface area is 174 Å². The van der Waals surface area contributed by atoms with Crippen LogP contribution in [0.3, 0.4) is 0 Å². The van der Waals surface area contributed by atoms with Gasteiger partial charge in [0.25, 0.3) is 0 Å². The maximum Gasteiger partial charge on any atom is 0.243 e. The summed E-state index contributed by atoms with van der Waals surface area (Å²) < 4.78 is 33.1. The molecule has 28 heavy (non-hydrogen) atoms. The maximum absolute atomic E-state index is 13.1. The van der Waals surface area contributed by atoms with E-state index in [0.717, 1.165) is 45.2 Å². The second-order valence-corrected chi connectivity index (χ2v) is 9.72. The van der Waals surface area contributed by atoms with E-state index in [9.17, 15) is 8.42 Å². The highest BCUT2D eigenvalue weighted by Gasteiger charge is 2.26. The molecule has 1 aliphatic heterocycles. The zero-order valence-electron chi connectivity index (χ0n) is 17.1. The fourth-order valence-electron chi connectivity index (χ4n) is 3.19. The highest BCUT2D eigenvalue weighted by molar-refractivity contribution is 7.89. The van der Waals surface area contributed by atoms with Gasteiger partial charge in [-0.2, -0.15) is 4.31 Å². The molecular formula is C19H33N4O3S2+. The van der Waals surface area contributed by atoms with E-state index in [1.807, 2.05) is 0 Å². The first-order valence-electron chi connectivity index (χ1n) is 9.86. The third-order valence-electron chi connectivity index (χ3n) is 4.76. The predicted octanol–water partition coefficient (Wildman–Crippen LogP) is 1.08. The van der Waals surface area contributed by atoms with Gasteiger partial charge in [0.2, 0.25) is 10.0 Å². The van der Waals surface area contributed by atoms with Crippen LogP contribution in [-0.4, -0.2) is 65.2 Å². The number of quaternary nitrogens is 1. The third-order valence-corrected chi connectivity index (χ3v) is 6.90. The molecule has 0 amide bonds. The van der Waals surface area contributed by atoms with Crippen LogP contribution in [0, 0.1) is 0 Å². The summed E-state index contributed by atoms with van der Waals surface area (Å²) in [5.74, 6) is 0.553. The largest absolute Gasteiger partial charge is 0.495 e. The second kappa shape index (κ2) is 10.9. The SMILES string of the molecule is COc1ccc(S(=O)(=O)N2CCCCCC2)cc1NC(=S)NCCC[NH+](C)C. The maximum atomic E-state index is 13.1. The lowest BCUT2D eigenvalue weighted by molar-refractivity contribution is -0.858. The lowest BCUT2D eigenvalue weighted by Crippen LogP contribution is -3.05. The van der Waals surface area contributed by atoms with Crippen LogP contribution in [0.1, 0.15) is 32.1 Å². The van der Waals surface area contributed by atoms with E-state index in [2.05, 4.69) is 24.7 Å². The van der Waals surface area contributed by atoms with Crippen molar-refractivity contribution in [2.24, 2.45) is 0 Å². The zero-order chi connectivity index (χ0) is 20.6. The molecule has 0 spiro atoms. The van der Waals surface area contributed by atoms with Crippen molar-refractivity contribution in [3.63, 3.8) is 0 Å². The predicted molar refractivity (Wildman–Crippen MR) is 117 cm³/mol. The van der Waals surface area contributed by atoms with E-state index >= 15 is 0 Å². The van der Waals surface area contributed by atoms with E-state index < -0.39 is 10.0 Å². The summed E-state index contributed by atoms with van der Waals surface area (Å²) in [7, 11) is 2.25. The first-order valence-corrected chi connectivity index (χ1v) is 11.7. The van der Waals surface area contributed by atoms with Crippen molar-refractivity contribution >= 4 is 33.0 Å². The van der Waals surface area contributed by atoms with Gasteiger partial charge in [-0.1, -0.05) is 12.8 Å². The Morgan fingerprint density at radius 3 is 2.50 bits per heavy atom. The van der Waals surface area contributed by atoms with Gasteiger partial charge in [0.05, 0.1) is 38.3 Å². The summed E-state index contributed by atoms with van der Waals surface area (Å²) in [5.41, 5.74) is 0.550. The van der Waals surface area contributed by atoms with Crippen molar-refractivity contribution in [1.29, 1.82) is 0 Å². The van der Waals surface area contributed by atoms with E-state index in [-0.39, 0.29) is 4.90 Å². The van der Waals surface area contributed by atoms with Crippen molar-refractivity contribution in [2.75, 3.05) is 52.7 Å². The van der Waals surface area contributed by atoms with Gasteiger partial charge in [-0.25, -0.2) is 8.42 Å². The zero-order valence-corrected chi connectivity index (χ0v) is 18.7. The smallest absolute Gasteiger partial charge is 0.243 e. The minimum atomic E-state index is -3.53. The van der Waals surface area contributed by atoms with Crippen molar-refractivity contribution in [3.05, 3.63) is 18.2 Å². The molecule has 0 unspecified atom stereocenters. The van der Waals surface area contributed by atoms with Crippen LogP contribution in [-0.2, 0) is 10.0 Å². The Balaban J connectivity index is 2.11. The lowest BCUT2D eigenvalue weighted by Gasteiger charge is -2.21. The number of rotatable bonds is 8. The van der Waals surface area contributed by atoms with E-state index in [1.165, 1.54) is 4.90 Å². The normalized spacial score (nSPS) is 15.9. The Bertz CT molecular complexity index is 746. The Hall–Kier alpha value is -1.42. The van der Waals surface area contributed by atoms with Crippen molar-refractivity contribution in [2.45, 2.75) is 37.0 Å². The summed E-state index contributed by atoms with van der Waals surface area (Å²) in [4.78, 5) is 1.64. The van der Waals surface area contributed by atoms with Gasteiger partial charge in [-0.15, -0.1) is 0 Å². The molecule has 0 atom stereocenters. The molecule has 1 heterocycles. The average molecular weight is 430 g/mol. The first-order chi connectivity index (χ1) is 13.3. The monoisotopic (exact) mass is 429 g/mol. The molecule has 7 nitrogen and oxygen atoms in total. The van der Waals surface area contributed by atoms with Gasteiger partial charge in [0.1, 0.15) is 5.75 Å². The number of methoxy groups -OCH3 is 1. The van der Waals surface area contributed by atoms with Crippen molar-refractivity contribution in [3.8, 4) is 5.75 Å². The molecule has 0 aliphatic carbocycles. The van der Waals surface area contributed by atoms with Crippen LogP contribution in [0.15, 0.2) is 23.1 Å². The summed E-state index contributed by atoms with van der Waals surface area (Å²) in [6.45, 7) is 2.95. The standard InChI is InChI=1S/C19H32N4O3S2/c1-22(2)12-8-11-20-19(27)21-17-15-16(9-10-18(17)26-3)28(24,25)23-13-6-4-5-7-14-23/h9-10,15H,4-8,11-14H2,1-3H3,(H2,20,21,27)/p+1. The molecule has 2 rings (SSSR count). The third kappa shape index (κ3) is 6.58. The quantitative estimate of drug-likeness (QED) is 0.424. The lowest BCUT2D eigenvalue weighted by atomic mass is 10.2. The number of benzene rings is 1. The van der Waals surface area contributed by atoms with Gasteiger partial charge in [0, 0.05) is 26.1 Å². The number of anilines is 1. The molecule has 0 bridgehead atoms. The van der Waals surface area contributed by atoms with E-state index in [0.29, 0.717) is 29.6 Å². The van der Waals surface area contributed by atoms with Gasteiger partial charge in [-0.3, -0.25) is 0 Å². The van der Waals surface area contributed by atoms with Crippen LogP contribution < -0.4 is 20.3 Å². The van der Waals surface area contributed by atoms with Crippen molar-refractivity contribution < 1.29 is 18.1 Å². The molecule has 1 fully saturated rings. The summed E-state index contributed by atoms with van der Waals surface area (Å²) >= 11 is 5.36. The summed E-state index contributed by atoms with van der Waals surface area (Å²) in [6.07, 6.45) is 4.96. The van der Waals surface area contributed by atoms with Crippen LogP contribution in [0.5, 0.6) is 5.75 Å². The number of hydrogen-bond donors (Lipinski definition) is 3. The fourth-order valence-corrected chi connectivity index (χ4v) is 4.94. The molecule has 0 aromatic heterocycles. The minimum absolute atomic E-state index is 0.261. The Morgan fingerprint density at radius 2 is 1.89 bits per heavy atom. The molecule has 1 aromatic rings. The number of nitrogens with zero attached hydrogens (tertiary/aromatic N) is 1. The van der Waals surface area contributed by atoms with Gasteiger partial charge in [-0.05, 0) is 43.3 Å². The fraction of sp³-hybridized carbons (Fsp3) is 0.632. The van der Waals surface area contributed by atoms with E-state index in [1.54, 1.807) is 29.6 Å². The Morgan fingerprint density at radius 1 is 1.21 bits per heavy atom. The van der Waals surface area contributed by atoms with Crippen LogP contribution in [0.2, 0.25) is 0 Å². The molecule has 1 aromatic carbocycles. The van der Waals surface area contributed by atoms with Crippen molar-refractivity contribution in [1.82, 2.24) is 9.62 Å². The first kappa shape index (κ1) is 22.9. The average Bonchev–Trinajstić information content (AvgIpc) is 2.95. The second-order valence-electron chi connectivity index (χ2n) is 7.37. The molecule has 0 radical (unpaired) electrons. The van der Waals surface area contributed by atoms with Crippen LogP contribution in [0.4, 0.5) is 5.69 Å². The number of hydrogen-bond acceptors (Lipinski definition) is 4. The van der Waals surface area contributed by atoms with Gasteiger partial charge >= 0.3 is 0 Å². The van der Waals surface area contributed by atoms with Gasteiger partial charge < -0.3 is 20.3 Å². The molecule has 1 aliphatic rings. The van der Waals surface area contributed by atoms with E-state index in [4.69, 9.17) is 17.0 Å². The summed E-state index contributed by atoms with van der Waals surface area (Å²) in [6, 6.07) is 4.88. The number of sulfonamides is 1. The van der Waals surface area contributed by atoms with Gasteiger partial charge in [0.15, 0.2) is 5.11 Å². The molecule has 9 heteroatoms. The molecule has 0 saturated carbocycles. The topological polar surface area (TPSA) is 75.1 Å². The molecule has 158 valence electrons. The van der Waals surface area contributed by atoms with Crippen LogP contribution >= 0.6 is 12.2 Å². The minimum Gasteiger partial charge on any atom is -0.495 e. The summed E-state index contributed by atoms with van der Waals surface area (Å²) in [5, 5.41) is 6.70. The number of ether oxygens (including phenoxy) is 1. The highest BCUT2D eigenvalue weighted by Crippen LogP contribution is 2.29. The number of nitrogens with one attached hydrogen (secondary N) is 3. The molecule has 1 saturated heterocycles. The molecule has 3 N–H and O–H groups in total. The number of thiocarbonyl (C=S) groups is 1. The van der Waals surface area contributed by atoms with Crippen LogP contribution in [0.25, 0.3) is 0 Å². The molecular weight excluding hydrogens is 396 g/mol. The highest BCUT2D eigenvalue weighted by atomic mass is 32.2.